The summed E-state index contributed by atoms with van der Waals surface area (Å²) in [6, 6.07) is 1.63. The third-order valence-corrected chi connectivity index (χ3v) is 3.69. The van der Waals surface area contributed by atoms with Crippen LogP contribution in [0.1, 0.15) is 23.2 Å². The number of carbonyl (C=O) groups excluding carboxylic acids is 1. The van der Waals surface area contributed by atoms with E-state index in [0.29, 0.717) is 11.5 Å². The molecule has 1 aliphatic heterocycles. The SMILES string of the molecule is O=C(c1ccoc1Cl)N1CCC(CCBr)C1. The number of hydrogen-bond donors (Lipinski definition) is 0. The van der Waals surface area contributed by atoms with Crippen molar-refractivity contribution in [1.82, 2.24) is 4.90 Å². The fraction of sp³-hybridized carbons (Fsp3) is 0.545. The number of nitrogens with zero attached hydrogens (tertiary/aromatic N) is 1. The number of halogens is 2. The molecule has 0 N–H and O–H groups in total. The highest BCUT2D eigenvalue weighted by Gasteiger charge is 2.28. The molecule has 1 aromatic heterocycles. The minimum absolute atomic E-state index is 0.0178. The lowest BCUT2D eigenvalue weighted by molar-refractivity contribution is 0.0786. The topological polar surface area (TPSA) is 33.5 Å². The highest BCUT2D eigenvalue weighted by atomic mass is 79.9. The van der Waals surface area contributed by atoms with Gasteiger partial charge in [0.15, 0.2) is 0 Å². The fourth-order valence-corrected chi connectivity index (χ4v) is 2.87. The lowest BCUT2D eigenvalue weighted by atomic mass is 10.1. The van der Waals surface area contributed by atoms with Crippen molar-refractivity contribution in [3.8, 4) is 0 Å². The molecule has 0 saturated carbocycles. The summed E-state index contributed by atoms with van der Waals surface area (Å²) in [6.45, 7) is 1.64. The van der Waals surface area contributed by atoms with Crippen LogP contribution in [0, 0.1) is 5.92 Å². The highest BCUT2D eigenvalue weighted by Crippen LogP contribution is 2.25. The van der Waals surface area contributed by atoms with Gasteiger partial charge in [0.2, 0.25) is 5.22 Å². The Morgan fingerprint density at radius 2 is 2.50 bits per heavy atom. The smallest absolute Gasteiger partial charge is 0.258 e. The molecule has 3 nitrogen and oxygen atoms in total. The van der Waals surface area contributed by atoms with Crippen molar-refractivity contribution in [3.63, 3.8) is 0 Å². The van der Waals surface area contributed by atoms with Crippen molar-refractivity contribution in [2.24, 2.45) is 5.92 Å². The van der Waals surface area contributed by atoms with Crippen molar-refractivity contribution in [2.75, 3.05) is 18.4 Å². The second-order valence-electron chi connectivity index (χ2n) is 3.99. The Labute approximate surface area is 108 Å². The zero-order valence-electron chi connectivity index (χ0n) is 8.79. The molecule has 5 heteroatoms. The van der Waals surface area contributed by atoms with E-state index in [1.165, 1.54) is 6.26 Å². The van der Waals surface area contributed by atoms with Gasteiger partial charge in [-0.2, -0.15) is 0 Å². The first kappa shape index (κ1) is 12.0. The molecule has 0 aromatic carbocycles. The number of carbonyl (C=O) groups is 1. The Hall–Kier alpha value is -0.480. The molecule has 16 heavy (non-hydrogen) atoms. The van der Waals surface area contributed by atoms with Gasteiger partial charge in [-0.15, -0.1) is 0 Å². The van der Waals surface area contributed by atoms with Gasteiger partial charge < -0.3 is 9.32 Å². The Bertz CT molecular complexity index is 380. The summed E-state index contributed by atoms with van der Waals surface area (Å²) in [5, 5.41) is 1.18. The summed E-state index contributed by atoms with van der Waals surface area (Å²) < 4.78 is 4.93. The van der Waals surface area contributed by atoms with Crippen molar-refractivity contribution in [1.29, 1.82) is 0 Å². The number of alkyl halides is 1. The van der Waals surface area contributed by atoms with Crippen LogP contribution < -0.4 is 0 Å². The van der Waals surface area contributed by atoms with Gasteiger partial charge in [0.05, 0.1) is 11.8 Å². The van der Waals surface area contributed by atoms with E-state index in [2.05, 4.69) is 15.9 Å². The molecule has 1 aromatic rings. The van der Waals surface area contributed by atoms with E-state index in [0.717, 1.165) is 31.3 Å². The standard InChI is InChI=1S/C11H13BrClNO2/c12-4-1-8-2-5-14(7-8)11(15)9-3-6-16-10(9)13/h3,6,8H,1-2,4-5,7H2. The largest absolute Gasteiger partial charge is 0.452 e. The summed E-state index contributed by atoms with van der Waals surface area (Å²) in [7, 11) is 0. The van der Waals surface area contributed by atoms with Crippen LogP contribution in [0.4, 0.5) is 0 Å². The van der Waals surface area contributed by atoms with E-state index in [-0.39, 0.29) is 11.1 Å². The number of rotatable bonds is 3. The molecule has 1 amide bonds. The van der Waals surface area contributed by atoms with E-state index < -0.39 is 0 Å². The molecule has 1 fully saturated rings. The van der Waals surface area contributed by atoms with E-state index in [1.54, 1.807) is 6.07 Å². The van der Waals surface area contributed by atoms with Crippen LogP contribution in [0.2, 0.25) is 5.22 Å². The Morgan fingerprint density at radius 3 is 3.12 bits per heavy atom. The van der Waals surface area contributed by atoms with Gasteiger partial charge in [0.25, 0.3) is 5.91 Å². The normalized spacial score (nSPS) is 20.4. The van der Waals surface area contributed by atoms with Crippen LogP contribution in [-0.4, -0.2) is 29.2 Å². The zero-order chi connectivity index (χ0) is 11.5. The molecular weight excluding hydrogens is 293 g/mol. The van der Waals surface area contributed by atoms with E-state index in [9.17, 15) is 4.79 Å². The first-order valence-electron chi connectivity index (χ1n) is 5.30. The van der Waals surface area contributed by atoms with E-state index >= 15 is 0 Å². The number of amides is 1. The average molecular weight is 307 g/mol. The predicted molar refractivity (Wildman–Crippen MR) is 66.1 cm³/mol. The maximum absolute atomic E-state index is 12.0. The van der Waals surface area contributed by atoms with Crippen molar-refractivity contribution in [2.45, 2.75) is 12.8 Å². The summed E-state index contributed by atoms with van der Waals surface area (Å²) >= 11 is 9.22. The Kier molecular flexibility index (Phi) is 3.92. The first-order valence-corrected chi connectivity index (χ1v) is 6.80. The molecule has 0 aliphatic carbocycles. The lowest BCUT2D eigenvalue weighted by Crippen LogP contribution is -2.28. The Morgan fingerprint density at radius 1 is 1.69 bits per heavy atom. The zero-order valence-corrected chi connectivity index (χ0v) is 11.1. The third-order valence-electron chi connectivity index (χ3n) is 2.94. The molecule has 2 heterocycles. The van der Waals surface area contributed by atoms with Gasteiger partial charge in [0.1, 0.15) is 0 Å². The summed E-state index contributed by atoms with van der Waals surface area (Å²) in [4.78, 5) is 13.9. The quantitative estimate of drug-likeness (QED) is 0.804. The number of likely N-dealkylation sites (tertiary alicyclic amines) is 1. The van der Waals surface area contributed by atoms with Crippen LogP contribution in [0.3, 0.4) is 0 Å². The van der Waals surface area contributed by atoms with Crippen LogP contribution in [0.15, 0.2) is 16.7 Å². The minimum Gasteiger partial charge on any atom is -0.452 e. The van der Waals surface area contributed by atoms with E-state index in [4.69, 9.17) is 16.0 Å². The monoisotopic (exact) mass is 305 g/mol. The summed E-state index contributed by atoms with van der Waals surface area (Å²) in [6.07, 6.45) is 3.64. The van der Waals surface area contributed by atoms with Gasteiger partial charge in [0, 0.05) is 18.4 Å². The molecule has 0 spiro atoms. The van der Waals surface area contributed by atoms with Gasteiger partial charge in [-0.05, 0) is 36.4 Å². The molecule has 1 saturated heterocycles. The van der Waals surface area contributed by atoms with E-state index in [1.807, 2.05) is 4.90 Å². The van der Waals surface area contributed by atoms with Crippen LogP contribution in [0.25, 0.3) is 0 Å². The predicted octanol–water partition coefficient (Wildman–Crippen LogP) is 3.18. The second kappa shape index (κ2) is 5.23. The van der Waals surface area contributed by atoms with Crippen LogP contribution in [0.5, 0.6) is 0 Å². The van der Waals surface area contributed by atoms with Crippen molar-refractivity contribution < 1.29 is 9.21 Å². The number of furan rings is 1. The highest BCUT2D eigenvalue weighted by molar-refractivity contribution is 9.09. The molecule has 1 atom stereocenters. The fourth-order valence-electron chi connectivity index (χ4n) is 2.02. The molecule has 0 bridgehead atoms. The third kappa shape index (κ3) is 2.43. The lowest BCUT2D eigenvalue weighted by Gasteiger charge is -2.15. The Balaban J connectivity index is 2.00. The van der Waals surface area contributed by atoms with Crippen molar-refractivity contribution in [3.05, 3.63) is 23.1 Å². The van der Waals surface area contributed by atoms with Gasteiger partial charge >= 0.3 is 0 Å². The second-order valence-corrected chi connectivity index (χ2v) is 5.13. The van der Waals surface area contributed by atoms with Crippen LogP contribution in [-0.2, 0) is 0 Å². The van der Waals surface area contributed by atoms with Crippen molar-refractivity contribution >= 4 is 33.4 Å². The molecule has 0 radical (unpaired) electrons. The average Bonchev–Trinajstić information content (AvgIpc) is 2.87. The molecule has 1 unspecified atom stereocenters. The first-order chi connectivity index (χ1) is 7.72. The molecule has 1 aliphatic rings. The molecule has 88 valence electrons. The summed E-state index contributed by atoms with van der Waals surface area (Å²) in [5.41, 5.74) is 0.473. The van der Waals surface area contributed by atoms with Gasteiger partial charge in [-0.3, -0.25) is 4.79 Å². The minimum atomic E-state index is -0.0178. The maximum atomic E-state index is 12.0. The molecular formula is C11H13BrClNO2. The van der Waals surface area contributed by atoms with Gasteiger partial charge in [-0.25, -0.2) is 0 Å². The number of hydrogen-bond acceptors (Lipinski definition) is 2. The van der Waals surface area contributed by atoms with Crippen LogP contribution >= 0.6 is 27.5 Å². The maximum Gasteiger partial charge on any atom is 0.258 e. The summed E-state index contributed by atoms with van der Waals surface area (Å²) in [5.74, 6) is 0.588. The molecule has 2 rings (SSSR count). The van der Waals surface area contributed by atoms with Gasteiger partial charge in [-0.1, -0.05) is 15.9 Å².